The third-order valence-corrected chi connectivity index (χ3v) is 3.46. The molecule has 18 heavy (non-hydrogen) atoms. The Labute approximate surface area is 106 Å². The van der Waals surface area contributed by atoms with E-state index in [4.69, 9.17) is 5.11 Å². The van der Waals surface area contributed by atoms with Gasteiger partial charge in [0.15, 0.2) is 10.8 Å². The van der Waals surface area contributed by atoms with Crippen molar-refractivity contribution >= 4 is 34.3 Å². The van der Waals surface area contributed by atoms with Gasteiger partial charge in [-0.15, -0.1) is 11.3 Å². The van der Waals surface area contributed by atoms with E-state index in [1.807, 2.05) is 0 Å². The number of carboxylic acid groups (broad SMARTS) is 1. The fraction of sp³-hybridized carbons (Fsp3) is 0.400. The first-order chi connectivity index (χ1) is 8.52. The van der Waals surface area contributed by atoms with Gasteiger partial charge in [0.2, 0.25) is 5.91 Å². The number of aromatic nitrogens is 1. The van der Waals surface area contributed by atoms with Gasteiger partial charge in [-0.05, 0) is 0 Å². The van der Waals surface area contributed by atoms with Crippen LogP contribution in [0, 0.1) is 5.92 Å². The van der Waals surface area contributed by atoms with Gasteiger partial charge >= 0.3 is 11.9 Å². The van der Waals surface area contributed by atoms with Crippen molar-refractivity contribution in [1.29, 1.82) is 0 Å². The Kier molecular flexibility index (Phi) is 3.28. The molecule has 1 aromatic heterocycles. The lowest BCUT2D eigenvalue weighted by atomic mass is 10.1. The molecular weight excluding hydrogens is 260 g/mol. The van der Waals surface area contributed by atoms with Crippen LogP contribution < -0.4 is 4.90 Å². The van der Waals surface area contributed by atoms with Crippen LogP contribution in [0.15, 0.2) is 5.38 Å². The largest absolute Gasteiger partial charge is 0.481 e. The summed E-state index contributed by atoms with van der Waals surface area (Å²) >= 11 is 1.11. The summed E-state index contributed by atoms with van der Waals surface area (Å²) in [5.41, 5.74) is 0.115. The molecule has 1 aliphatic rings. The summed E-state index contributed by atoms with van der Waals surface area (Å²) < 4.78 is 4.51. The number of amides is 1. The zero-order chi connectivity index (χ0) is 13.3. The van der Waals surface area contributed by atoms with Gasteiger partial charge < -0.3 is 9.84 Å². The van der Waals surface area contributed by atoms with Gasteiger partial charge in [-0.1, -0.05) is 0 Å². The third kappa shape index (κ3) is 2.19. The minimum atomic E-state index is -1.00. The summed E-state index contributed by atoms with van der Waals surface area (Å²) in [5.74, 6) is -2.61. The molecule has 2 rings (SSSR count). The van der Waals surface area contributed by atoms with Gasteiger partial charge in [0.1, 0.15) is 0 Å². The number of hydrogen-bond acceptors (Lipinski definition) is 6. The number of carbonyl (C=O) groups excluding carboxylic acids is 2. The van der Waals surface area contributed by atoms with Gasteiger partial charge in [0.05, 0.1) is 13.0 Å². The number of rotatable bonds is 3. The average Bonchev–Trinajstić information content (AvgIpc) is 2.94. The van der Waals surface area contributed by atoms with E-state index >= 15 is 0 Å². The molecule has 2 heterocycles. The second-order valence-corrected chi connectivity index (χ2v) is 4.59. The predicted octanol–water partition coefficient (Wildman–Crippen LogP) is 0.367. The van der Waals surface area contributed by atoms with Gasteiger partial charge in [0, 0.05) is 18.3 Å². The zero-order valence-corrected chi connectivity index (χ0v) is 10.3. The molecule has 1 aliphatic heterocycles. The third-order valence-electron chi connectivity index (χ3n) is 2.59. The Hall–Kier alpha value is -1.96. The summed E-state index contributed by atoms with van der Waals surface area (Å²) in [6.07, 6.45) is -0.0392. The molecule has 0 aliphatic carbocycles. The molecule has 0 saturated carbocycles. The predicted molar refractivity (Wildman–Crippen MR) is 61.5 cm³/mol. The monoisotopic (exact) mass is 270 g/mol. The van der Waals surface area contributed by atoms with E-state index in [-0.39, 0.29) is 24.6 Å². The van der Waals surface area contributed by atoms with Gasteiger partial charge in [-0.2, -0.15) is 0 Å². The molecule has 0 aromatic carbocycles. The number of carboxylic acids is 1. The number of nitrogens with zero attached hydrogens (tertiary/aromatic N) is 2. The molecule has 1 unspecified atom stereocenters. The SMILES string of the molecule is COC(=O)c1csc(N2CC(C(=O)O)CC2=O)n1. The van der Waals surface area contributed by atoms with Crippen LogP contribution in [0.4, 0.5) is 5.13 Å². The van der Waals surface area contributed by atoms with Crippen LogP contribution in [-0.4, -0.2) is 41.6 Å². The van der Waals surface area contributed by atoms with Gasteiger partial charge in [-0.3, -0.25) is 14.5 Å². The fourth-order valence-electron chi connectivity index (χ4n) is 1.64. The number of carbonyl (C=O) groups is 3. The maximum Gasteiger partial charge on any atom is 0.357 e. The summed E-state index contributed by atoms with van der Waals surface area (Å²) in [6.45, 7) is 0.0856. The van der Waals surface area contributed by atoms with E-state index in [2.05, 4.69) is 9.72 Å². The van der Waals surface area contributed by atoms with Crippen LogP contribution in [0.3, 0.4) is 0 Å². The number of aliphatic carboxylic acids is 1. The molecule has 1 amide bonds. The Morgan fingerprint density at radius 1 is 1.61 bits per heavy atom. The van der Waals surface area contributed by atoms with Gasteiger partial charge in [0.25, 0.3) is 0 Å². The van der Waals surface area contributed by atoms with Crippen molar-refractivity contribution in [1.82, 2.24) is 4.98 Å². The number of hydrogen-bond donors (Lipinski definition) is 1. The lowest BCUT2D eigenvalue weighted by molar-refractivity contribution is -0.141. The maximum absolute atomic E-state index is 11.7. The highest BCUT2D eigenvalue weighted by atomic mass is 32.1. The molecule has 1 aromatic rings. The fourth-order valence-corrected chi connectivity index (χ4v) is 2.47. The number of methoxy groups -OCH3 is 1. The molecule has 1 N–H and O–H groups in total. The van der Waals surface area contributed by atoms with E-state index in [0.717, 1.165) is 11.3 Å². The summed E-state index contributed by atoms with van der Waals surface area (Å²) in [6, 6.07) is 0. The standard InChI is InChI=1S/C10H10N2O5S/c1-17-9(16)6-4-18-10(11-6)12-3-5(8(14)15)2-7(12)13/h4-5H,2-3H2,1H3,(H,14,15). The van der Waals surface area contributed by atoms with Crippen molar-refractivity contribution in [3.05, 3.63) is 11.1 Å². The van der Waals surface area contributed by atoms with E-state index in [0.29, 0.717) is 5.13 Å². The van der Waals surface area contributed by atoms with E-state index in [1.54, 1.807) is 0 Å². The van der Waals surface area contributed by atoms with Crippen LogP contribution in [0.2, 0.25) is 0 Å². The second kappa shape index (κ2) is 4.73. The van der Waals surface area contributed by atoms with Crippen LogP contribution >= 0.6 is 11.3 Å². The topological polar surface area (TPSA) is 96.8 Å². The lowest BCUT2D eigenvalue weighted by Gasteiger charge is -2.11. The average molecular weight is 270 g/mol. The lowest BCUT2D eigenvalue weighted by Crippen LogP contribution is -2.25. The zero-order valence-electron chi connectivity index (χ0n) is 9.45. The van der Waals surface area contributed by atoms with Crippen LogP contribution in [0.25, 0.3) is 0 Å². The normalized spacial score (nSPS) is 19.1. The maximum atomic E-state index is 11.7. The Balaban J connectivity index is 2.17. The minimum Gasteiger partial charge on any atom is -0.481 e. The van der Waals surface area contributed by atoms with Crippen molar-refractivity contribution < 1.29 is 24.2 Å². The first-order valence-corrected chi connectivity index (χ1v) is 5.98. The summed E-state index contributed by atoms with van der Waals surface area (Å²) in [5, 5.41) is 10.7. The molecule has 0 radical (unpaired) electrons. The second-order valence-electron chi connectivity index (χ2n) is 3.75. The molecule has 96 valence electrons. The highest BCUT2D eigenvalue weighted by Gasteiger charge is 2.36. The quantitative estimate of drug-likeness (QED) is 0.797. The molecule has 1 saturated heterocycles. The number of thiazole rings is 1. The Morgan fingerprint density at radius 3 is 2.89 bits per heavy atom. The first kappa shape index (κ1) is 12.5. The molecule has 1 fully saturated rings. The summed E-state index contributed by atoms with van der Waals surface area (Å²) in [4.78, 5) is 38.9. The molecule has 0 bridgehead atoms. The molecule has 8 heteroatoms. The Bertz CT molecular complexity index is 512. The van der Waals surface area contributed by atoms with E-state index in [1.165, 1.54) is 17.4 Å². The van der Waals surface area contributed by atoms with Crippen LogP contribution in [0.5, 0.6) is 0 Å². The number of esters is 1. The van der Waals surface area contributed by atoms with Crippen molar-refractivity contribution in [3.63, 3.8) is 0 Å². The van der Waals surface area contributed by atoms with Crippen molar-refractivity contribution in [2.24, 2.45) is 5.92 Å². The highest BCUT2D eigenvalue weighted by molar-refractivity contribution is 7.14. The van der Waals surface area contributed by atoms with Crippen molar-refractivity contribution in [3.8, 4) is 0 Å². The Morgan fingerprint density at radius 2 is 2.33 bits per heavy atom. The van der Waals surface area contributed by atoms with Crippen LogP contribution in [0.1, 0.15) is 16.9 Å². The number of anilines is 1. The molecule has 7 nitrogen and oxygen atoms in total. The molecule has 1 atom stereocenters. The van der Waals surface area contributed by atoms with Crippen LogP contribution in [-0.2, 0) is 14.3 Å². The van der Waals surface area contributed by atoms with Gasteiger partial charge in [-0.25, -0.2) is 9.78 Å². The first-order valence-electron chi connectivity index (χ1n) is 5.10. The van der Waals surface area contributed by atoms with Crippen molar-refractivity contribution in [2.75, 3.05) is 18.6 Å². The highest BCUT2D eigenvalue weighted by Crippen LogP contribution is 2.28. The smallest absolute Gasteiger partial charge is 0.357 e. The van der Waals surface area contributed by atoms with E-state index < -0.39 is 17.9 Å². The minimum absolute atomic E-state index is 0.0392. The molecular formula is C10H10N2O5S. The number of ether oxygens (including phenoxy) is 1. The van der Waals surface area contributed by atoms with Crippen molar-refractivity contribution in [2.45, 2.75) is 6.42 Å². The summed E-state index contributed by atoms with van der Waals surface area (Å²) in [7, 11) is 1.24. The van der Waals surface area contributed by atoms with E-state index in [9.17, 15) is 14.4 Å². The molecule has 0 spiro atoms.